The number of halogens is 1. The van der Waals surface area contributed by atoms with Gasteiger partial charge in [0.25, 0.3) is 0 Å². The van der Waals surface area contributed by atoms with Crippen LogP contribution in [0.4, 0.5) is 10.1 Å². The van der Waals surface area contributed by atoms with Crippen molar-refractivity contribution in [2.45, 2.75) is 4.90 Å². The summed E-state index contributed by atoms with van der Waals surface area (Å²) >= 11 is 4.52. The van der Waals surface area contributed by atoms with Crippen molar-refractivity contribution in [3.63, 3.8) is 0 Å². The largest absolute Gasteiger partial charge is 0.376 e. The van der Waals surface area contributed by atoms with Crippen LogP contribution in [0, 0.1) is 5.82 Å². The Morgan fingerprint density at radius 3 is 2.60 bits per heavy atom. The third kappa shape index (κ3) is 3.14. The highest BCUT2D eigenvalue weighted by molar-refractivity contribution is 7.90. The van der Waals surface area contributed by atoms with E-state index >= 15 is 0 Å². The van der Waals surface area contributed by atoms with Crippen molar-refractivity contribution in [2.75, 3.05) is 11.6 Å². The van der Waals surface area contributed by atoms with Crippen LogP contribution in [0.25, 0.3) is 0 Å². The van der Waals surface area contributed by atoms with Crippen LogP contribution < -0.4 is 11.1 Å². The van der Waals surface area contributed by atoms with E-state index in [-0.39, 0.29) is 15.7 Å². The molecule has 1 aromatic carbocycles. The van der Waals surface area contributed by atoms with Crippen LogP contribution in [0.5, 0.6) is 0 Å². The second kappa shape index (κ2) is 4.11. The minimum absolute atomic E-state index is 0.00245. The molecule has 7 heteroatoms. The first-order valence-electron chi connectivity index (χ1n) is 3.87. The van der Waals surface area contributed by atoms with E-state index in [0.717, 1.165) is 18.4 Å². The van der Waals surface area contributed by atoms with E-state index in [2.05, 4.69) is 17.5 Å². The van der Waals surface area contributed by atoms with Gasteiger partial charge in [-0.15, -0.1) is 0 Å². The fourth-order valence-corrected chi connectivity index (χ4v) is 1.72. The predicted molar refractivity (Wildman–Crippen MR) is 59.9 cm³/mol. The van der Waals surface area contributed by atoms with Gasteiger partial charge in [0, 0.05) is 6.26 Å². The van der Waals surface area contributed by atoms with Gasteiger partial charge in [0.2, 0.25) is 0 Å². The number of thiocarbonyl (C=S) groups is 1. The first-order chi connectivity index (χ1) is 6.80. The zero-order valence-corrected chi connectivity index (χ0v) is 9.45. The molecule has 0 amide bonds. The Bertz CT molecular complexity index is 499. The van der Waals surface area contributed by atoms with Crippen molar-refractivity contribution in [1.82, 2.24) is 0 Å². The lowest BCUT2D eigenvalue weighted by atomic mass is 10.3. The average Bonchev–Trinajstić information content (AvgIpc) is 2.06. The number of rotatable bonds is 2. The molecule has 1 rings (SSSR count). The number of hydrogen-bond acceptors (Lipinski definition) is 3. The molecule has 0 fully saturated rings. The molecule has 0 aliphatic rings. The van der Waals surface area contributed by atoms with Gasteiger partial charge in [-0.2, -0.15) is 0 Å². The Labute approximate surface area is 92.2 Å². The van der Waals surface area contributed by atoms with E-state index in [1.165, 1.54) is 6.07 Å². The van der Waals surface area contributed by atoms with Crippen molar-refractivity contribution < 1.29 is 12.8 Å². The quantitative estimate of drug-likeness (QED) is 0.600. The third-order valence-electron chi connectivity index (χ3n) is 1.62. The highest BCUT2D eigenvalue weighted by Gasteiger charge is 2.11. The number of hydrogen-bond donors (Lipinski definition) is 2. The topological polar surface area (TPSA) is 72.2 Å². The second-order valence-corrected chi connectivity index (χ2v) is 5.36. The van der Waals surface area contributed by atoms with Gasteiger partial charge in [-0.3, -0.25) is 0 Å². The molecule has 0 heterocycles. The van der Waals surface area contributed by atoms with Crippen molar-refractivity contribution in [3.8, 4) is 0 Å². The van der Waals surface area contributed by atoms with E-state index in [4.69, 9.17) is 5.73 Å². The molecule has 0 aliphatic carbocycles. The number of nitrogens with one attached hydrogen (secondary N) is 1. The SMILES string of the molecule is CS(=O)(=O)c1ccc(F)c(NC(N)=S)c1. The zero-order chi connectivity index (χ0) is 11.6. The number of nitrogens with two attached hydrogens (primary N) is 1. The lowest BCUT2D eigenvalue weighted by molar-refractivity contribution is 0.600. The maximum Gasteiger partial charge on any atom is 0.175 e. The molecule has 0 spiro atoms. The molecule has 3 N–H and O–H groups in total. The Morgan fingerprint density at radius 2 is 2.13 bits per heavy atom. The summed E-state index contributed by atoms with van der Waals surface area (Å²) in [5, 5.41) is 2.23. The summed E-state index contributed by atoms with van der Waals surface area (Å²) in [6, 6.07) is 3.36. The molecule has 82 valence electrons. The molecule has 0 radical (unpaired) electrons. The van der Waals surface area contributed by atoms with E-state index in [1.807, 2.05) is 0 Å². The van der Waals surface area contributed by atoms with E-state index < -0.39 is 15.7 Å². The van der Waals surface area contributed by atoms with Crippen LogP contribution in [-0.4, -0.2) is 19.8 Å². The number of benzene rings is 1. The molecule has 0 aromatic heterocycles. The fourth-order valence-electron chi connectivity index (χ4n) is 0.964. The third-order valence-corrected chi connectivity index (χ3v) is 2.84. The molecule has 4 nitrogen and oxygen atoms in total. The van der Waals surface area contributed by atoms with Gasteiger partial charge in [-0.05, 0) is 30.4 Å². The zero-order valence-electron chi connectivity index (χ0n) is 7.82. The van der Waals surface area contributed by atoms with Crippen LogP contribution in [0.3, 0.4) is 0 Å². The Morgan fingerprint density at radius 1 is 1.53 bits per heavy atom. The van der Waals surface area contributed by atoms with Crippen LogP contribution in [-0.2, 0) is 9.84 Å². The van der Waals surface area contributed by atoms with Gasteiger partial charge >= 0.3 is 0 Å². The summed E-state index contributed by atoms with van der Waals surface area (Å²) in [4.78, 5) is 0.00245. The maximum absolute atomic E-state index is 13.1. The molecular formula is C8H9FN2O2S2. The highest BCUT2D eigenvalue weighted by atomic mass is 32.2. The number of anilines is 1. The highest BCUT2D eigenvalue weighted by Crippen LogP contribution is 2.19. The summed E-state index contributed by atoms with van der Waals surface area (Å²) in [5.41, 5.74) is 5.11. The first kappa shape index (κ1) is 11.9. The van der Waals surface area contributed by atoms with Gasteiger partial charge in [-0.25, -0.2) is 12.8 Å². The summed E-state index contributed by atoms with van der Waals surface area (Å²) in [5.74, 6) is -0.616. The van der Waals surface area contributed by atoms with Crippen LogP contribution in [0.1, 0.15) is 0 Å². The van der Waals surface area contributed by atoms with Crippen molar-refractivity contribution >= 4 is 32.9 Å². The molecule has 0 atom stereocenters. The van der Waals surface area contributed by atoms with Crippen molar-refractivity contribution in [3.05, 3.63) is 24.0 Å². The predicted octanol–water partition coefficient (Wildman–Crippen LogP) is 0.885. The van der Waals surface area contributed by atoms with Crippen LogP contribution in [0.15, 0.2) is 23.1 Å². The fraction of sp³-hybridized carbons (Fsp3) is 0.125. The summed E-state index contributed by atoms with van der Waals surface area (Å²) in [6.07, 6.45) is 1.03. The van der Waals surface area contributed by atoms with Crippen molar-refractivity contribution in [2.24, 2.45) is 5.73 Å². The van der Waals surface area contributed by atoms with Gasteiger partial charge in [0.15, 0.2) is 14.9 Å². The molecule has 15 heavy (non-hydrogen) atoms. The smallest absolute Gasteiger partial charge is 0.175 e. The minimum Gasteiger partial charge on any atom is -0.376 e. The van der Waals surface area contributed by atoms with E-state index in [0.29, 0.717) is 0 Å². The maximum atomic E-state index is 13.1. The van der Waals surface area contributed by atoms with E-state index in [1.54, 1.807) is 0 Å². The van der Waals surface area contributed by atoms with Gasteiger partial charge < -0.3 is 11.1 Å². The monoisotopic (exact) mass is 248 g/mol. The van der Waals surface area contributed by atoms with Crippen LogP contribution in [0.2, 0.25) is 0 Å². The lowest BCUT2D eigenvalue weighted by Crippen LogP contribution is -2.19. The molecule has 0 saturated heterocycles. The lowest BCUT2D eigenvalue weighted by Gasteiger charge is -2.06. The summed E-state index contributed by atoms with van der Waals surface area (Å²) in [6.45, 7) is 0. The Balaban J connectivity index is 3.23. The first-order valence-corrected chi connectivity index (χ1v) is 6.17. The minimum atomic E-state index is -3.37. The molecule has 0 saturated carbocycles. The Kier molecular flexibility index (Phi) is 3.25. The standard InChI is InChI=1S/C8H9FN2O2S2/c1-15(12,13)5-2-3-6(9)7(4-5)11-8(10)14/h2-4H,1H3,(H3,10,11,14). The van der Waals surface area contributed by atoms with Crippen molar-refractivity contribution in [1.29, 1.82) is 0 Å². The molecule has 0 unspecified atom stereocenters. The molecule has 0 aliphatic heterocycles. The van der Waals surface area contributed by atoms with E-state index in [9.17, 15) is 12.8 Å². The summed E-state index contributed by atoms with van der Waals surface area (Å²) in [7, 11) is -3.37. The number of sulfone groups is 1. The molecule has 1 aromatic rings. The van der Waals surface area contributed by atoms with Crippen LogP contribution >= 0.6 is 12.2 Å². The molecular weight excluding hydrogens is 239 g/mol. The summed E-state index contributed by atoms with van der Waals surface area (Å²) < 4.78 is 35.5. The molecule has 0 bridgehead atoms. The normalized spacial score (nSPS) is 11.1. The van der Waals surface area contributed by atoms with Gasteiger partial charge in [0.1, 0.15) is 5.82 Å². The van der Waals surface area contributed by atoms with Gasteiger partial charge in [0.05, 0.1) is 10.6 Å². The van der Waals surface area contributed by atoms with Gasteiger partial charge in [-0.1, -0.05) is 0 Å². The average molecular weight is 248 g/mol. The second-order valence-electron chi connectivity index (χ2n) is 2.90. The Hall–Kier alpha value is -1.21.